The number of hydrogen-bond donors (Lipinski definition) is 1. The van der Waals surface area contributed by atoms with Gasteiger partial charge in [-0.25, -0.2) is 4.98 Å². The minimum atomic E-state index is 0.436. The lowest BCUT2D eigenvalue weighted by Crippen LogP contribution is -2.19. The fourth-order valence-corrected chi connectivity index (χ4v) is 3.59. The topological polar surface area (TPSA) is 81.6 Å². The number of rotatable bonds is 9. The van der Waals surface area contributed by atoms with E-state index in [0.29, 0.717) is 35.4 Å². The van der Waals surface area contributed by atoms with Crippen LogP contribution in [0.4, 0.5) is 23.1 Å². The number of methoxy groups -OCH3 is 3. The highest BCUT2D eigenvalue weighted by atomic mass is 16.5. The second-order valence-electron chi connectivity index (χ2n) is 7.34. The van der Waals surface area contributed by atoms with E-state index in [1.54, 1.807) is 27.5 Å². The van der Waals surface area contributed by atoms with Gasteiger partial charge in [0, 0.05) is 35.9 Å². The van der Waals surface area contributed by atoms with Gasteiger partial charge in [-0.15, -0.1) is 0 Å². The van der Waals surface area contributed by atoms with Crippen LogP contribution in [0.1, 0.15) is 6.92 Å². The van der Waals surface area contributed by atoms with E-state index in [9.17, 15) is 0 Å². The summed E-state index contributed by atoms with van der Waals surface area (Å²) in [5.74, 6) is 2.77. The van der Waals surface area contributed by atoms with Gasteiger partial charge in [-0.3, -0.25) is 4.98 Å². The number of aromatic nitrogens is 3. The summed E-state index contributed by atoms with van der Waals surface area (Å²) in [6.07, 6.45) is 7.67. The molecule has 0 aliphatic carbocycles. The summed E-state index contributed by atoms with van der Waals surface area (Å²) in [5, 5.41) is 4.30. The second-order valence-corrected chi connectivity index (χ2v) is 7.34. The fraction of sp³-hybridized carbons (Fsp3) is 0.192. The van der Waals surface area contributed by atoms with Gasteiger partial charge in [-0.05, 0) is 25.1 Å². The van der Waals surface area contributed by atoms with Crippen molar-refractivity contribution in [2.75, 3.05) is 38.1 Å². The SMILES string of the molecule is CC=CCN(c1cnc2ccccc2c1)c1ccnc(Nc2cc(OC)c(OC)c(OC)c2)n1. The largest absolute Gasteiger partial charge is 0.493 e. The molecule has 0 radical (unpaired) electrons. The zero-order chi connectivity index (χ0) is 23.9. The highest BCUT2D eigenvalue weighted by Gasteiger charge is 2.15. The molecule has 0 saturated carbocycles. The Morgan fingerprint density at radius 1 is 0.941 bits per heavy atom. The number of fused-ring (bicyclic) bond motifs is 1. The normalized spacial score (nSPS) is 10.9. The molecule has 174 valence electrons. The van der Waals surface area contributed by atoms with Crippen molar-refractivity contribution in [2.24, 2.45) is 0 Å². The third-order valence-corrected chi connectivity index (χ3v) is 5.25. The second kappa shape index (κ2) is 10.5. The number of nitrogens with one attached hydrogen (secondary N) is 1. The first-order valence-corrected chi connectivity index (χ1v) is 10.8. The minimum Gasteiger partial charge on any atom is -0.493 e. The quantitative estimate of drug-likeness (QED) is 0.330. The Hall–Kier alpha value is -4.33. The Labute approximate surface area is 198 Å². The summed E-state index contributed by atoms with van der Waals surface area (Å²) < 4.78 is 16.3. The molecule has 0 amide bonds. The standard InChI is InChI=1S/C26H27N5O3/c1-5-6-13-31(20-14-18-9-7-8-10-21(18)28-17-20)24-11-12-27-26(30-24)29-19-15-22(32-2)25(34-4)23(16-19)33-3/h5-12,14-17H,13H2,1-4H3,(H,27,29,30). The van der Waals surface area contributed by atoms with E-state index < -0.39 is 0 Å². The molecule has 2 aromatic heterocycles. The Balaban J connectivity index is 1.69. The molecule has 0 fully saturated rings. The molecule has 0 aliphatic rings. The third-order valence-electron chi connectivity index (χ3n) is 5.25. The van der Waals surface area contributed by atoms with Gasteiger partial charge in [0.2, 0.25) is 11.7 Å². The predicted molar refractivity (Wildman–Crippen MR) is 135 cm³/mol. The van der Waals surface area contributed by atoms with Gasteiger partial charge in [0.15, 0.2) is 11.5 Å². The zero-order valence-corrected chi connectivity index (χ0v) is 19.6. The summed E-state index contributed by atoms with van der Waals surface area (Å²) in [6, 6.07) is 15.6. The summed E-state index contributed by atoms with van der Waals surface area (Å²) in [7, 11) is 4.73. The van der Waals surface area contributed by atoms with E-state index in [-0.39, 0.29) is 0 Å². The molecule has 8 heteroatoms. The number of nitrogens with zero attached hydrogens (tertiary/aromatic N) is 4. The van der Waals surface area contributed by atoms with Crippen LogP contribution in [-0.4, -0.2) is 42.8 Å². The molecule has 0 bridgehead atoms. The first-order valence-electron chi connectivity index (χ1n) is 10.8. The number of hydrogen-bond acceptors (Lipinski definition) is 8. The fourth-order valence-electron chi connectivity index (χ4n) is 3.59. The Morgan fingerprint density at radius 2 is 1.71 bits per heavy atom. The molecule has 0 spiro atoms. The average Bonchev–Trinajstić information content (AvgIpc) is 2.88. The monoisotopic (exact) mass is 457 g/mol. The Bertz CT molecular complexity index is 1280. The number of anilines is 4. The van der Waals surface area contributed by atoms with Crippen molar-refractivity contribution in [1.82, 2.24) is 15.0 Å². The molecule has 2 heterocycles. The van der Waals surface area contributed by atoms with Gasteiger partial charge >= 0.3 is 0 Å². The number of para-hydroxylation sites is 1. The molecule has 0 atom stereocenters. The van der Waals surface area contributed by atoms with Crippen LogP contribution < -0.4 is 24.4 Å². The maximum Gasteiger partial charge on any atom is 0.229 e. The van der Waals surface area contributed by atoms with Crippen molar-refractivity contribution < 1.29 is 14.2 Å². The Morgan fingerprint density at radius 3 is 2.41 bits per heavy atom. The van der Waals surface area contributed by atoms with Crippen LogP contribution in [0.15, 0.2) is 73.1 Å². The van der Waals surface area contributed by atoms with Crippen molar-refractivity contribution >= 4 is 34.0 Å². The molecule has 0 unspecified atom stereocenters. The molecule has 2 aromatic carbocycles. The molecule has 1 N–H and O–H groups in total. The lowest BCUT2D eigenvalue weighted by molar-refractivity contribution is 0.324. The van der Waals surface area contributed by atoms with Crippen LogP contribution in [-0.2, 0) is 0 Å². The maximum absolute atomic E-state index is 5.45. The van der Waals surface area contributed by atoms with Crippen molar-refractivity contribution in [3.8, 4) is 17.2 Å². The minimum absolute atomic E-state index is 0.436. The van der Waals surface area contributed by atoms with Gasteiger partial charge in [0.05, 0.1) is 38.7 Å². The Kier molecular flexibility index (Phi) is 7.07. The first kappa shape index (κ1) is 22.8. The smallest absolute Gasteiger partial charge is 0.229 e. The first-order chi connectivity index (χ1) is 16.7. The molecule has 4 rings (SSSR count). The summed E-state index contributed by atoms with van der Waals surface area (Å²) in [6.45, 7) is 2.63. The lowest BCUT2D eigenvalue weighted by atomic mass is 10.2. The highest BCUT2D eigenvalue weighted by Crippen LogP contribution is 2.40. The van der Waals surface area contributed by atoms with Gasteiger partial charge < -0.3 is 24.4 Å². The molecule has 0 aliphatic heterocycles. The summed E-state index contributed by atoms with van der Waals surface area (Å²) in [4.78, 5) is 15.9. The molecule has 0 saturated heterocycles. The van der Waals surface area contributed by atoms with Crippen LogP contribution in [0, 0.1) is 0 Å². The van der Waals surface area contributed by atoms with E-state index in [1.165, 1.54) is 0 Å². The number of allylic oxidation sites excluding steroid dienone is 1. The van der Waals surface area contributed by atoms with Crippen LogP contribution in [0.5, 0.6) is 17.2 Å². The van der Waals surface area contributed by atoms with Crippen LogP contribution in [0.3, 0.4) is 0 Å². The predicted octanol–water partition coefficient (Wildman–Crippen LogP) is 5.51. The molecular formula is C26H27N5O3. The average molecular weight is 458 g/mol. The van der Waals surface area contributed by atoms with Crippen molar-refractivity contribution in [3.63, 3.8) is 0 Å². The van der Waals surface area contributed by atoms with Crippen LogP contribution >= 0.6 is 0 Å². The summed E-state index contributed by atoms with van der Waals surface area (Å²) in [5.41, 5.74) is 2.60. The molecule has 34 heavy (non-hydrogen) atoms. The van der Waals surface area contributed by atoms with Gasteiger partial charge in [0.1, 0.15) is 5.82 Å². The molecule has 8 nitrogen and oxygen atoms in total. The van der Waals surface area contributed by atoms with E-state index in [4.69, 9.17) is 19.2 Å². The van der Waals surface area contributed by atoms with Crippen molar-refractivity contribution in [3.05, 3.63) is 73.1 Å². The highest BCUT2D eigenvalue weighted by molar-refractivity contribution is 5.82. The number of benzene rings is 2. The summed E-state index contributed by atoms with van der Waals surface area (Å²) >= 11 is 0. The van der Waals surface area contributed by atoms with Gasteiger partial charge in [-0.1, -0.05) is 30.4 Å². The third kappa shape index (κ3) is 4.85. The van der Waals surface area contributed by atoms with Gasteiger partial charge in [-0.2, -0.15) is 4.98 Å². The molecule has 4 aromatic rings. The molecular weight excluding hydrogens is 430 g/mol. The number of ether oxygens (including phenoxy) is 3. The maximum atomic E-state index is 5.45. The van der Waals surface area contributed by atoms with Gasteiger partial charge in [0.25, 0.3) is 0 Å². The van der Waals surface area contributed by atoms with E-state index >= 15 is 0 Å². The zero-order valence-electron chi connectivity index (χ0n) is 19.6. The van der Waals surface area contributed by atoms with E-state index in [0.717, 1.165) is 22.4 Å². The lowest BCUT2D eigenvalue weighted by Gasteiger charge is -2.23. The number of pyridine rings is 1. The van der Waals surface area contributed by atoms with Crippen LogP contribution in [0.2, 0.25) is 0 Å². The van der Waals surface area contributed by atoms with E-state index in [2.05, 4.69) is 38.4 Å². The van der Waals surface area contributed by atoms with Crippen molar-refractivity contribution in [2.45, 2.75) is 6.92 Å². The van der Waals surface area contributed by atoms with Crippen LogP contribution in [0.25, 0.3) is 10.9 Å². The van der Waals surface area contributed by atoms with E-state index in [1.807, 2.05) is 55.6 Å². The van der Waals surface area contributed by atoms with Crippen molar-refractivity contribution in [1.29, 1.82) is 0 Å².